The number of hydrazone groups is 1. The third-order valence-electron chi connectivity index (χ3n) is 4.01. The number of hydrogen-bond donors (Lipinski definition) is 1. The van der Waals surface area contributed by atoms with E-state index in [9.17, 15) is 4.79 Å². The number of halogens is 1. The van der Waals surface area contributed by atoms with Gasteiger partial charge in [-0.3, -0.25) is 4.79 Å². The lowest BCUT2D eigenvalue weighted by molar-refractivity contribution is -0.123. The third-order valence-corrected chi connectivity index (χ3v) is 4.63. The van der Waals surface area contributed by atoms with Gasteiger partial charge in [-0.05, 0) is 69.7 Å². The first kappa shape index (κ1) is 20.0. The van der Waals surface area contributed by atoms with E-state index in [1.54, 1.807) is 13.3 Å². The molecule has 0 saturated heterocycles. The van der Waals surface area contributed by atoms with E-state index >= 15 is 0 Å². The quantitative estimate of drug-likeness (QED) is 0.506. The number of methoxy groups -OCH3 is 1. The van der Waals surface area contributed by atoms with Crippen molar-refractivity contribution in [2.45, 2.75) is 26.2 Å². The molecule has 1 N–H and O–H groups in total. The Hall–Kier alpha value is -2.34. The van der Waals surface area contributed by atoms with Gasteiger partial charge >= 0.3 is 0 Å². The zero-order valence-corrected chi connectivity index (χ0v) is 16.7. The maximum Gasteiger partial charge on any atom is 0.277 e. The molecule has 1 atom stereocenters. The van der Waals surface area contributed by atoms with Crippen molar-refractivity contribution < 1.29 is 14.3 Å². The number of ether oxygens (including phenoxy) is 2. The van der Waals surface area contributed by atoms with E-state index in [4.69, 9.17) is 9.47 Å². The van der Waals surface area contributed by atoms with Gasteiger partial charge in [0.05, 0.1) is 17.8 Å². The maximum absolute atomic E-state index is 11.8. The Bertz CT molecular complexity index is 760. The third kappa shape index (κ3) is 5.88. The highest BCUT2D eigenvalue weighted by atomic mass is 79.9. The van der Waals surface area contributed by atoms with E-state index < -0.39 is 0 Å². The molecule has 1 amide bonds. The van der Waals surface area contributed by atoms with Gasteiger partial charge in [0.2, 0.25) is 0 Å². The van der Waals surface area contributed by atoms with Crippen LogP contribution >= 0.6 is 15.9 Å². The highest BCUT2D eigenvalue weighted by Gasteiger charge is 2.05. The molecule has 0 heterocycles. The van der Waals surface area contributed by atoms with Gasteiger partial charge in [0, 0.05) is 0 Å². The molecule has 2 rings (SSSR count). The van der Waals surface area contributed by atoms with Crippen molar-refractivity contribution in [3.05, 3.63) is 58.1 Å². The molecule has 2 aromatic carbocycles. The predicted molar refractivity (Wildman–Crippen MR) is 107 cm³/mol. The molecule has 26 heavy (non-hydrogen) atoms. The van der Waals surface area contributed by atoms with Crippen LogP contribution in [0.2, 0.25) is 0 Å². The van der Waals surface area contributed by atoms with Crippen molar-refractivity contribution in [1.82, 2.24) is 5.43 Å². The van der Waals surface area contributed by atoms with Gasteiger partial charge in [0.25, 0.3) is 5.91 Å². The van der Waals surface area contributed by atoms with Crippen molar-refractivity contribution in [2.75, 3.05) is 13.7 Å². The fraction of sp³-hybridized carbons (Fsp3) is 0.300. The molecule has 0 aliphatic heterocycles. The summed E-state index contributed by atoms with van der Waals surface area (Å²) in [6.07, 6.45) is 2.65. The Kier molecular flexibility index (Phi) is 7.66. The zero-order valence-electron chi connectivity index (χ0n) is 15.2. The molecule has 6 heteroatoms. The molecule has 0 bridgehead atoms. The van der Waals surface area contributed by atoms with Crippen molar-refractivity contribution in [3.63, 3.8) is 0 Å². The summed E-state index contributed by atoms with van der Waals surface area (Å²) in [5.74, 6) is 1.59. The SMILES string of the molecule is CC[C@@H](C)c1ccc(OCC(=O)N/N=C\c2ccc(OC)c(Br)c2)cc1. The number of amides is 1. The van der Waals surface area contributed by atoms with Crippen LogP contribution < -0.4 is 14.9 Å². The number of carbonyl (C=O) groups excluding carboxylic acids is 1. The van der Waals surface area contributed by atoms with Gasteiger partial charge in [-0.1, -0.05) is 26.0 Å². The topological polar surface area (TPSA) is 59.9 Å². The zero-order chi connectivity index (χ0) is 18.9. The van der Waals surface area contributed by atoms with Gasteiger partial charge in [-0.25, -0.2) is 5.43 Å². The molecule has 0 saturated carbocycles. The molecule has 0 radical (unpaired) electrons. The van der Waals surface area contributed by atoms with Crippen LogP contribution in [0.15, 0.2) is 52.0 Å². The number of nitrogens with zero attached hydrogens (tertiary/aromatic N) is 1. The number of benzene rings is 2. The van der Waals surface area contributed by atoms with Gasteiger partial charge < -0.3 is 9.47 Å². The van der Waals surface area contributed by atoms with E-state index in [0.29, 0.717) is 11.7 Å². The Balaban J connectivity index is 1.80. The largest absolute Gasteiger partial charge is 0.496 e. The molecule has 0 aliphatic carbocycles. The molecule has 0 unspecified atom stereocenters. The fourth-order valence-electron chi connectivity index (χ4n) is 2.25. The van der Waals surface area contributed by atoms with Gasteiger partial charge in [0.15, 0.2) is 6.61 Å². The lowest BCUT2D eigenvalue weighted by atomic mass is 9.99. The summed E-state index contributed by atoms with van der Waals surface area (Å²) in [5, 5.41) is 3.93. The van der Waals surface area contributed by atoms with Crippen LogP contribution in [0.4, 0.5) is 0 Å². The maximum atomic E-state index is 11.8. The van der Waals surface area contributed by atoms with Crippen LogP contribution in [0.25, 0.3) is 0 Å². The molecular weight excluding hydrogens is 396 g/mol. The second-order valence-electron chi connectivity index (χ2n) is 5.85. The Labute approximate surface area is 162 Å². The highest BCUT2D eigenvalue weighted by Crippen LogP contribution is 2.24. The van der Waals surface area contributed by atoms with Crippen LogP contribution in [-0.2, 0) is 4.79 Å². The molecule has 5 nitrogen and oxygen atoms in total. The van der Waals surface area contributed by atoms with Crippen molar-refractivity contribution >= 4 is 28.1 Å². The monoisotopic (exact) mass is 418 g/mol. The average Bonchev–Trinajstić information content (AvgIpc) is 2.66. The summed E-state index contributed by atoms with van der Waals surface area (Å²) in [4.78, 5) is 11.8. The minimum atomic E-state index is -0.320. The summed E-state index contributed by atoms with van der Waals surface area (Å²) in [5.41, 5.74) is 4.54. The minimum absolute atomic E-state index is 0.0909. The summed E-state index contributed by atoms with van der Waals surface area (Å²) in [6, 6.07) is 13.3. The Morgan fingerprint density at radius 3 is 2.62 bits per heavy atom. The normalized spacial score (nSPS) is 12.0. The Morgan fingerprint density at radius 2 is 2.00 bits per heavy atom. The molecule has 0 aliphatic rings. The second kappa shape index (κ2) is 9.97. The van der Waals surface area contributed by atoms with Crippen LogP contribution in [0.5, 0.6) is 11.5 Å². The molecule has 138 valence electrons. The standard InChI is InChI=1S/C20H23BrN2O3/c1-4-14(2)16-6-8-17(9-7-16)26-13-20(24)23-22-12-15-5-10-19(25-3)18(21)11-15/h5-12,14H,4,13H2,1-3H3,(H,23,24)/b22-12-/t14-/m1/s1. The van der Waals surface area contributed by atoms with Crippen molar-refractivity contribution in [1.29, 1.82) is 0 Å². The summed E-state index contributed by atoms with van der Waals surface area (Å²) in [6.45, 7) is 4.25. The predicted octanol–water partition coefficient (Wildman–Crippen LogP) is 4.50. The number of carbonyl (C=O) groups is 1. The van der Waals surface area contributed by atoms with Gasteiger partial charge in [-0.2, -0.15) is 5.10 Å². The first-order valence-corrected chi connectivity index (χ1v) is 9.21. The number of rotatable bonds is 8. The smallest absolute Gasteiger partial charge is 0.277 e. The van der Waals surface area contributed by atoms with Crippen LogP contribution in [0, 0.1) is 0 Å². The lowest BCUT2D eigenvalue weighted by Crippen LogP contribution is -2.24. The van der Waals surface area contributed by atoms with Crippen LogP contribution in [0.1, 0.15) is 37.3 Å². The van der Waals surface area contributed by atoms with E-state index in [2.05, 4.69) is 40.3 Å². The van der Waals surface area contributed by atoms with Crippen molar-refractivity contribution in [2.24, 2.45) is 5.10 Å². The average molecular weight is 419 g/mol. The fourth-order valence-corrected chi connectivity index (χ4v) is 2.81. The summed E-state index contributed by atoms with van der Waals surface area (Å²) in [7, 11) is 1.60. The van der Waals surface area contributed by atoms with Gasteiger partial charge in [0.1, 0.15) is 11.5 Å². The van der Waals surface area contributed by atoms with E-state index in [-0.39, 0.29) is 12.5 Å². The van der Waals surface area contributed by atoms with Crippen molar-refractivity contribution in [3.8, 4) is 11.5 Å². The number of hydrogen-bond acceptors (Lipinski definition) is 4. The molecule has 0 spiro atoms. The Morgan fingerprint density at radius 1 is 1.27 bits per heavy atom. The first-order valence-electron chi connectivity index (χ1n) is 8.41. The summed E-state index contributed by atoms with van der Waals surface area (Å²) < 4.78 is 11.5. The van der Waals surface area contributed by atoms with Crippen LogP contribution in [-0.4, -0.2) is 25.8 Å². The number of nitrogens with one attached hydrogen (secondary N) is 1. The highest BCUT2D eigenvalue weighted by molar-refractivity contribution is 9.10. The molecule has 2 aromatic rings. The van der Waals surface area contributed by atoms with Gasteiger partial charge in [-0.15, -0.1) is 0 Å². The summed E-state index contributed by atoms with van der Waals surface area (Å²) >= 11 is 3.40. The van der Waals surface area contributed by atoms with E-state index in [0.717, 1.165) is 22.2 Å². The minimum Gasteiger partial charge on any atom is -0.496 e. The molecule has 0 fully saturated rings. The molecule has 0 aromatic heterocycles. The molecular formula is C20H23BrN2O3. The second-order valence-corrected chi connectivity index (χ2v) is 6.71. The van der Waals surface area contributed by atoms with E-state index in [1.165, 1.54) is 5.56 Å². The van der Waals surface area contributed by atoms with E-state index in [1.807, 2.05) is 42.5 Å². The first-order chi connectivity index (χ1) is 12.5. The van der Waals surface area contributed by atoms with Crippen LogP contribution in [0.3, 0.4) is 0 Å². The lowest BCUT2D eigenvalue weighted by Gasteiger charge is -2.10.